The summed E-state index contributed by atoms with van der Waals surface area (Å²) in [6, 6.07) is 10.0. The molecule has 0 atom stereocenters. The van der Waals surface area contributed by atoms with Gasteiger partial charge in [-0.05, 0) is 49.5 Å². The van der Waals surface area contributed by atoms with Crippen molar-refractivity contribution in [2.75, 3.05) is 21.1 Å². The van der Waals surface area contributed by atoms with E-state index in [2.05, 4.69) is 15.6 Å². The monoisotopic (exact) mass is 396 g/mol. The molecule has 0 saturated heterocycles. The summed E-state index contributed by atoms with van der Waals surface area (Å²) in [4.78, 5) is 5.95. The standard InChI is InChI=1S/C20H24F4N4/c1-25-19(26-11-14-5-4-6-17(10-14)20(22,23)24)27-12-15-7-8-18(21)16(9-15)13-28(2)3/h4-10H,11-13H2,1-3H3,(H2,25,26,27). The van der Waals surface area contributed by atoms with Gasteiger partial charge in [0.25, 0.3) is 0 Å². The van der Waals surface area contributed by atoms with E-state index < -0.39 is 11.7 Å². The molecule has 4 nitrogen and oxygen atoms in total. The number of nitrogens with one attached hydrogen (secondary N) is 2. The van der Waals surface area contributed by atoms with Crippen molar-refractivity contribution in [2.24, 2.45) is 4.99 Å². The van der Waals surface area contributed by atoms with E-state index in [-0.39, 0.29) is 12.4 Å². The molecule has 0 aromatic heterocycles. The molecule has 0 saturated carbocycles. The number of rotatable bonds is 6. The van der Waals surface area contributed by atoms with Gasteiger partial charge in [0.05, 0.1) is 5.56 Å². The minimum absolute atomic E-state index is 0.193. The lowest BCUT2D eigenvalue weighted by Gasteiger charge is -2.15. The van der Waals surface area contributed by atoms with Crippen molar-refractivity contribution in [2.45, 2.75) is 25.8 Å². The molecule has 0 heterocycles. The van der Waals surface area contributed by atoms with Crippen LogP contribution < -0.4 is 10.6 Å². The van der Waals surface area contributed by atoms with Crippen LogP contribution in [0.2, 0.25) is 0 Å². The summed E-state index contributed by atoms with van der Waals surface area (Å²) in [5.41, 5.74) is 1.28. The van der Waals surface area contributed by atoms with Crippen LogP contribution in [0.5, 0.6) is 0 Å². The van der Waals surface area contributed by atoms with Gasteiger partial charge in [0.1, 0.15) is 5.82 Å². The summed E-state index contributed by atoms with van der Waals surface area (Å²) in [6.45, 7) is 1.09. The lowest BCUT2D eigenvalue weighted by Crippen LogP contribution is -2.36. The Morgan fingerprint density at radius 3 is 2.21 bits per heavy atom. The summed E-state index contributed by atoms with van der Waals surface area (Å²) in [5, 5.41) is 6.06. The molecule has 0 unspecified atom stereocenters. The summed E-state index contributed by atoms with van der Waals surface area (Å²) < 4.78 is 52.2. The fraction of sp³-hybridized carbons (Fsp3) is 0.350. The lowest BCUT2D eigenvalue weighted by molar-refractivity contribution is -0.137. The van der Waals surface area contributed by atoms with Crippen LogP contribution in [0.1, 0.15) is 22.3 Å². The Balaban J connectivity index is 1.95. The van der Waals surface area contributed by atoms with Crippen LogP contribution in [0.25, 0.3) is 0 Å². The summed E-state index contributed by atoms with van der Waals surface area (Å²) >= 11 is 0. The predicted molar refractivity (Wildman–Crippen MR) is 102 cm³/mol. The third kappa shape index (κ3) is 6.53. The molecule has 2 N–H and O–H groups in total. The highest BCUT2D eigenvalue weighted by atomic mass is 19.4. The first-order valence-corrected chi connectivity index (χ1v) is 8.71. The number of benzene rings is 2. The van der Waals surface area contributed by atoms with E-state index in [0.717, 1.165) is 17.7 Å². The van der Waals surface area contributed by atoms with Crippen molar-refractivity contribution in [3.63, 3.8) is 0 Å². The molecule has 0 radical (unpaired) electrons. The van der Waals surface area contributed by atoms with Crippen molar-refractivity contribution in [1.82, 2.24) is 15.5 Å². The highest BCUT2D eigenvalue weighted by molar-refractivity contribution is 5.79. The second kappa shape index (κ2) is 9.54. The van der Waals surface area contributed by atoms with E-state index in [4.69, 9.17) is 0 Å². The third-order valence-corrected chi connectivity index (χ3v) is 3.99. The maximum Gasteiger partial charge on any atom is 0.416 e. The smallest absolute Gasteiger partial charge is 0.352 e. The van der Waals surface area contributed by atoms with E-state index in [1.807, 2.05) is 19.0 Å². The minimum atomic E-state index is -4.37. The van der Waals surface area contributed by atoms with Gasteiger partial charge in [-0.1, -0.05) is 18.2 Å². The van der Waals surface area contributed by atoms with Crippen LogP contribution in [0.15, 0.2) is 47.5 Å². The van der Waals surface area contributed by atoms with Gasteiger partial charge in [0.2, 0.25) is 0 Å². The molecule has 0 aliphatic heterocycles. The molecule has 0 aliphatic carbocycles. The Labute approximate surface area is 162 Å². The molecule has 0 aliphatic rings. The fourth-order valence-corrected chi connectivity index (χ4v) is 2.65. The maximum atomic E-state index is 13.9. The van der Waals surface area contributed by atoms with E-state index in [9.17, 15) is 17.6 Å². The number of hydrogen-bond acceptors (Lipinski definition) is 2. The van der Waals surface area contributed by atoms with Crippen LogP contribution in [0.3, 0.4) is 0 Å². The molecule has 0 amide bonds. The molecule has 2 aromatic carbocycles. The fourth-order valence-electron chi connectivity index (χ4n) is 2.65. The van der Waals surface area contributed by atoms with E-state index in [1.54, 1.807) is 25.2 Å². The Kier molecular flexibility index (Phi) is 7.39. The average Bonchev–Trinajstić information content (AvgIpc) is 2.63. The zero-order chi connectivity index (χ0) is 20.7. The predicted octanol–water partition coefficient (Wildman–Crippen LogP) is 3.77. The van der Waals surface area contributed by atoms with Crippen LogP contribution in [-0.4, -0.2) is 32.0 Å². The van der Waals surface area contributed by atoms with Crippen molar-refractivity contribution >= 4 is 5.96 Å². The number of alkyl halides is 3. The van der Waals surface area contributed by atoms with Crippen LogP contribution in [-0.2, 0) is 25.8 Å². The second-order valence-electron chi connectivity index (χ2n) is 6.64. The molecule has 0 fully saturated rings. The van der Waals surface area contributed by atoms with E-state index in [1.165, 1.54) is 12.1 Å². The van der Waals surface area contributed by atoms with Gasteiger partial charge < -0.3 is 15.5 Å². The van der Waals surface area contributed by atoms with Crippen molar-refractivity contribution < 1.29 is 17.6 Å². The summed E-state index contributed by atoms with van der Waals surface area (Å²) in [7, 11) is 5.30. The zero-order valence-corrected chi connectivity index (χ0v) is 16.1. The molecular formula is C20H24F4N4. The van der Waals surface area contributed by atoms with Crippen LogP contribution in [0, 0.1) is 5.82 Å². The Bertz CT molecular complexity index is 816. The first kappa shape index (κ1) is 21.7. The number of nitrogens with zero attached hydrogens (tertiary/aromatic N) is 2. The van der Waals surface area contributed by atoms with Gasteiger partial charge in [0.15, 0.2) is 5.96 Å². The molecule has 0 bridgehead atoms. The van der Waals surface area contributed by atoms with Gasteiger partial charge in [0, 0.05) is 32.2 Å². The molecule has 0 spiro atoms. The summed E-state index contributed by atoms with van der Waals surface area (Å²) in [5.74, 6) is 0.181. The molecule has 152 valence electrons. The number of guanidine groups is 1. The zero-order valence-electron chi connectivity index (χ0n) is 16.1. The highest BCUT2D eigenvalue weighted by Crippen LogP contribution is 2.29. The second-order valence-corrected chi connectivity index (χ2v) is 6.64. The molecule has 28 heavy (non-hydrogen) atoms. The lowest BCUT2D eigenvalue weighted by atomic mass is 10.1. The first-order chi connectivity index (χ1) is 13.2. The Morgan fingerprint density at radius 1 is 1.00 bits per heavy atom. The molecular weight excluding hydrogens is 372 g/mol. The van der Waals surface area contributed by atoms with Gasteiger partial charge in [-0.15, -0.1) is 0 Å². The molecule has 2 rings (SSSR count). The van der Waals surface area contributed by atoms with E-state index >= 15 is 0 Å². The third-order valence-electron chi connectivity index (χ3n) is 3.99. The Morgan fingerprint density at radius 2 is 1.64 bits per heavy atom. The SMILES string of the molecule is CN=C(NCc1cccc(C(F)(F)F)c1)NCc1ccc(F)c(CN(C)C)c1. The van der Waals surface area contributed by atoms with Gasteiger partial charge >= 0.3 is 6.18 Å². The average molecular weight is 396 g/mol. The van der Waals surface area contributed by atoms with Crippen LogP contribution >= 0.6 is 0 Å². The van der Waals surface area contributed by atoms with Crippen LogP contribution in [0.4, 0.5) is 17.6 Å². The van der Waals surface area contributed by atoms with E-state index in [0.29, 0.717) is 30.2 Å². The largest absolute Gasteiger partial charge is 0.416 e. The van der Waals surface area contributed by atoms with Gasteiger partial charge in [-0.25, -0.2) is 4.39 Å². The van der Waals surface area contributed by atoms with Gasteiger partial charge in [-0.2, -0.15) is 13.2 Å². The Hall–Kier alpha value is -2.61. The minimum Gasteiger partial charge on any atom is -0.352 e. The number of hydrogen-bond donors (Lipinski definition) is 2. The van der Waals surface area contributed by atoms with Crippen molar-refractivity contribution in [3.8, 4) is 0 Å². The number of halogens is 4. The normalized spacial score (nSPS) is 12.4. The molecule has 2 aromatic rings. The van der Waals surface area contributed by atoms with Gasteiger partial charge in [-0.3, -0.25) is 4.99 Å². The summed E-state index contributed by atoms with van der Waals surface area (Å²) in [6.07, 6.45) is -4.37. The maximum absolute atomic E-state index is 13.9. The topological polar surface area (TPSA) is 39.7 Å². The quantitative estimate of drug-likeness (QED) is 0.444. The molecule has 8 heteroatoms. The highest BCUT2D eigenvalue weighted by Gasteiger charge is 2.30. The first-order valence-electron chi connectivity index (χ1n) is 8.71. The van der Waals surface area contributed by atoms with Crippen molar-refractivity contribution in [3.05, 3.63) is 70.5 Å². The number of aliphatic imine (C=N–C) groups is 1. The van der Waals surface area contributed by atoms with Crippen molar-refractivity contribution in [1.29, 1.82) is 0 Å².